The number of amides is 1. The molecule has 0 unspecified atom stereocenters. The van der Waals surface area contributed by atoms with Crippen LogP contribution in [0.5, 0.6) is 0 Å². The highest BCUT2D eigenvalue weighted by Crippen LogP contribution is 2.16. The zero-order valence-electron chi connectivity index (χ0n) is 9.94. The molecule has 1 amide bonds. The van der Waals surface area contributed by atoms with Crippen molar-refractivity contribution in [2.24, 2.45) is 5.73 Å². The number of nitrogens with one attached hydrogen (secondary N) is 1. The average Bonchev–Trinajstić information content (AvgIpc) is 2.77. The Kier molecular flexibility index (Phi) is 3.57. The number of hydrogen-bond acceptors (Lipinski definition) is 4. The maximum Gasteiger partial charge on any atom is 0.293 e. The summed E-state index contributed by atoms with van der Waals surface area (Å²) in [5.74, 6) is -0.918. The molecule has 0 saturated carbocycles. The molecule has 0 aliphatic heterocycles. The third kappa shape index (κ3) is 2.76. The molecule has 0 aliphatic rings. The maximum absolute atomic E-state index is 13.4. The second-order valence-corrected chi connectivity index (χ2v) is 4.22. The maximum atomic E-state index is 13.4. The van der Waals surface area contributed by atoms with E-state index in [-0.39, 0.29) is 16.3 Å². The van der Waals surface area contributed by atoms with Crippen LogP contribution in [0.1, 0.15) is 21.8 Å². The van der Waals surface area contributed by atoms with Crippen LogP contribution in [0.3, 0.4) is 0 Å². The number of anilines is 1. The number of benzene rings is 1. The Bertz CT molecular complexity index is 654. The summed E-state index contributed by atoms with van der Waals surface area (Å²) in [6.45, 7) is 1.64. The number of thiocarbonyl (C=S) groups is 1. The molecule has 0 bridgehead atoms. The molecular formula is C12H10FN3O2S. The van der Waals surface area contributed by atoms with Crippen LogP contribution in [-0.2, 0) is 0 Å². The minimum Gasteiger partial charge on any atom is -0.438 e. The van der Waals surface area contributed by atoms with Gasteiger partial charge in [0.1, 0.15) is 10.8 Å². The fourth-order valence-corrected chi connectivity index (χ4v) is 1.66. The zero-order valence-corrected chi connectivity index (χ0v) is 10.8. The molecule has 2 aromatic rings. The van der Waals surface area contributed by atoms with Gasteiger partial charge in [-0.3, -0.25) is 4.79 Å². The van der Waals surface area contributed by atoms with Crippen LogP contribution in [0.4, 0.5) is 10.1 Å². The van der Waals surface area contributed by atoms with Crippen molar-refractivity contribution in [3.63, 3.8) is 0 Å². The minimum atomic E-state index is -0.540. The van der Waals surface area contributed by atoms with Crippen molar-refractivity contribution < 1.29 is 13.6 Å². The number of carbonyl (C=O) groups is 1. The third-order valence-electron chi connectivity index (χ3n) is 2.44. The first-order chi connectivity index (χ1) is 8.99. The van der Waals surface area contributed by atoms with Gasteiger partial charge in [-0.05, 0) is 25.1 Å². The van der Waals surface area contributed by atoms with E-state index in [2.05, 4.69) is 10.3 Å². The standard InChI is InChI=1S/C12H10FN3O2S/c1-6-10(18-5-15-6)12(17)16-7-2-3-9(13)8(4-7)11(14)19/h2-5H,1H3,(H2,14,19)(H,16,17). The predicted molar refractivity (Wildman–Crippen MR) is 71.5 cm³/mol. The summed E-state index contributed by atoms with van der Waals surface area (Å²) in [4.78, 5) is 15.6. The summed E-state index contributed by atoms with van der Waals surface area (Å²) in [5, 5.41) is 2.55. The lowest BCUT2D eigenvalue weighted by Crippen LogP contribution is -2.15. The molecule has 2 rings (SSSR count). The lowest BCUT2D eigenvalue weighted by molar-refractivity contribution is 0.0996. The predicted octanol–water partition coefficient (Wildman–Crippen LogP) is 2.01. The molecule has 7 heteroatoms. The van der Waals surface area contributed by atoms with E-state index in [4.69, 9.17) is 22.4 Å². The monoisotopic (exact) mass is 279 g/mol. The molecule has 1 aromatic carbocycles. The Balaban J connectivity index is 2.25. The number of nitrogens with zero attached hydrogens (tertiary/aromatic N) is 1. The summed E-state index contributed by atoms with van der Waals surface area (Å²) in [6.07, 6.45) is 1.18. The molecule has 98 valence electrons. The molecular weight excluding hydrogens is 269 g/mol. The molecule has 0 fully saturated rings. The summed E-state index contributed by atoms with van der Waals surface area (Å²) in [5.41, 5.74) is 6.29. The van der Waals surface area contributed by atoms with Gasteiger partial charge in [0.2, 0.25) is 5.76 Å². The van der Waals surface area contributed by atoms with Gasteiger partial charge in [-0.15, -0.1) is 0 Å². The van der Waals surface area contributed by atoms with Gasteiger partial charge in [0.25, 0.3) is 5.91 Å². The van der Waals surface area contributed by atoms with E-state index in [1.807, 2.05) is 0 Å². The van der Waals surface area contributed by atoms with Gasteiger partial charge >= 0.3 is 0 Å². The summed E-state index contributed by atoms with van der Waals surface area (Å²) < 4.78 is 18.3. The third-order valence-corrected chi connectivity index (χ3v) is 2.66. The number of halogens is 1. The van der Waals surface area contributed by atoms with Crippen LogP contribution in [0.2, 0.25) is 0 Å². The molecule has 0 radical (unpaired) electrons. The van der Waals surface area contributed by atoms with Gasteiger partial charge in [0.15, 0.2) is 6.39 Å². The van der Waals surface area contributed by atoms with Crippen LogP contribution in [-0.4, -0.2) is 15.9 Å². The van der Waals surface area contributed by atoms with Crippen molar-refractivity contribution in [2.45, 2.75) is 6.92 Å². The minimum absolute atomic E-state index is 0.0714. The van der Waals surface area contributed by atoms with Gasteiger partial charge in [-0.2, -0.15) is 0 Å². The topological polar surface area (TPSA) is 81.2 Å². The van der Waals surface area contributed by atoms with Crippen LogP contribution in [0.25, 0.3) is 0 Å². The second-order valence-electron chi connectivity index (χ2n) is 3.78. The van der Waals surface area contributed by atoms with Gasteiger partial charge in [-0.25, -0.2) is 9.37 Å². The van der Waals surface area contributed by atoms with E-state index in [9.17, 15) is 9.18 Å². The van der Waals surface area contributed by atoms with E-state index in [1.165, 1.54) is 24.6 Å². The number of carbonyl (C=O) groups excluding carboxylic acids is 1. The highest BCUT2D eigenvalue weighted by atomic mass is 32.1. The van der Waals surface area contributed by atoms with Crippen molar-refractivity contribution in [1.82, 2.24) is 4.98 Å². The number of nitrogens with two attached hydrogens (primary N) is 1. The molecule has 0 atom stereocenters. The van der Waals surface area contributed by atoms with Gasteiger partial charge in [0, 0.05) is 11.3 Å². The first-order valence-corrected chi connectivity index (χ1v) is 5.70. The Hall–Kier alpha value is -2.28. The van der Waals surface area contributed by atoms with Crippen LogP contribution in [0.15, 0.2) is 29.0 Å². The molecule has 1 heterocycles. The Labute approximate surface area is 113 Å². The highest BCUT2D eigenvalue weighted by molar-refractivity contribution is 7.80. The first-order valence-electron chi connectivity index (χ1n) is 5.30. The zero-order chi connectivity index (χ0) is 14.0. The number of hydrogen-bond donors (Lipinski definition) is 2. The Morgan fingerprint density at radius 3 is 2.84 bits per heavy atom. The van der Waals surface area contributed by atoms with Crippen molar-refractivity contribution in [1.29, 1.82) is 0 Å². The molecule has 19 heavy (non-hydrogen) atoms. The summed E-state index contributed by atoms with van der Waals surface area (Å²) in [6, 6.07) is 3.94. The first kappa shape index (κ1) is 13.2. The number of oxazole rings is 1. The quantitative estimate of drug-likeness (QED) is 0.840. The lowest BCUT2D eigenvalue weighted by Gasteiger charge is -2.06. The molecule has 1 aromatic heterocycles. The van der Waals surface area contributed by atoms with Crippen LogP contribution in [0, 0.1) is 12.7 Å². The fourth-order valence-electron chi connectivity index (χ4n) is 1.50. The van der Waals surface area contributed by atoms with E-state index in [0.29, 0.717) is 11.4 Å². The van der Waals surface area contributed by atoms with Crippen molar-refractivity contribution in [2.75, 3.05) is 5.32 Å². The molecule has 0 saturated heterocycles. The second kappa shape index (κ2) is 5.15. The lowest BCUT2D eigenvalue weighted by atomic mass is 10.2. The van der Waals surface area contributed by atoms with Crippen molar-refractivity contribution >= 4 is 28.8 Å². The Morgan fingerprint density at radius 2 is 2.26 bits per heavy atom. The molecule has 3 N–H and O–H groups in total. The number of aromatic nitrogens is 1. The normalized spacial score (nSPS) is 10.2. The summed E-state index contributed by atoms with van der Waals surface area (Å²) >= 11 is 4.72. The Morgan fingerprint density at radius 1 is 1.53 bits per heavy atom. The van der Waals surface area contributed by atoms with Crippen molar-refractivity contribution in [3.05, 3.63) is 47.4 Å². The van der Waals surface area contributed by atoms with E-state index in [1.54, 1.807) is 6.92 Å². The highest BCUT2D eigenvalue weighted by Gasteiger charge is 2.15. The smallest absolute Gasteiger partial charge is 0.293 e. The van der Waals surface area contributed by atoms with E-state index in [0.717, 1.165) is 0 Å². The average molecular weight is 279 g/mol. The molecule has 5 nitrogen and oxygen atoms in total. The van der Waals surface area contributed by atoms with Gasteiger partial charge in [0.05, 0.1) is 5.69 Å². The van der Waals surface area contributed by atoms with Crippen molar-refractivity contribution in [3.8, 4) is 0 Å². The molecule has 0 spiro atoms. The number of aryl methyl sites for hydroxylation is 1. The fraction of sp³-hybridized carbons (Fsp3) is 0.0833. The largest absolute Gasteiger partial charge is 0.438 e. The van der Waals surface area contributed by atoms with Crippen LogP contribution < -0.4 is 11.1 Å². The van der Waals surface area contributed by atoms with E-state index < -0.39 is 11.7 Å². The van der Waals surface area contributed by atoms with Gasteiger partial charge < -0.3 is 15.5 Å². The molecule has 0 aliphatic carbocycles. The van der Waals surface area contributed by atoms with E-state index >= 15 is 0 Å². The van der Waals surface area contributed by atoms with Gasteiger partial charge in [-0.1, -0.05) is 12.2 Å². The van der Waals surface area contributed by atoms with Crippen LogP contribution >= 0.6 is 12.2 Å². The SMILES string of the molecule is Cc1ncoc1C(=O)Nc1ccc(F)c(C(N)=S)c1. The number of rotatable bonds is 3. The summed E-state index contributed by atoms with van der Waals surface area (Å²) in [7, 11) is 0.